The monoisotopic (exact) mass is 277 g/mol. The first kappa shape index (κ1) is 13.6. The number of carbonyl (C=O) groups is 1. The van der Waals surface area contributed by atoms with Gasteiger partial charge in [0, 0.05) is 31.6 Å². The van der Waals surface area contributed by atoms with E-state index in [1.54, 1.807) is 6.92 Å². The summed E-state index contributed by atoms with van der Waals surface area (Å²) in [6, 6.07) is 2.87. The van der Waals surface area contributed by atoms with Crippen LogP contribution in [0, 0.1) is 6.92 Å². The summed E-state index contributed by atoms with van der Waals surface area (Å²) in [5.74, 6) is 1.15. The Hall–Kier alpha value is -1.36. The van der Waals surface area contributed by atoms with Crippen molar-refractivity contribution >= 4 is 5.91 Å². The first-order chi connectivity index (χ1) is 9.65. The minimum atomic E-state index is 0.217. The summed E-state index contributed by atoms with van der Waals surface area (Å²) >= 11 is 0. The van der Waals surface area contributed by atoms with Crippen molar-refractivity contribution in [2.24, 2.45) is 0 Å². The van der Waals surface area contributed by atoms with E-state index in [0.717, 1.165) is 43.9 Å². The topological polar surface area (TPSA) is 49.6 Å². The average molecular weight is 277 g/mol. The normalized spacial score (nSPS) is 27.4. The highest BCUT2D eigenvalue weighted by Gasteiger charge is 2.38. The van der Waals surface area contributed by atoms with E-state index in [-0.39, 0.29) is 5.91 Å². The van der Waals surface area contributed by atoms with E-state index in [1.165, 1.54) is 12.8 Å². The van der Waals surface area contributed by atoms with Gasteiger partial charge in [0.25, 0.3) is 0 Å². The number of aryl methyl sites for hydroxylation is 1. The maximum absolute atomic E-state index is 11.8. The number of likely N-dealkylation sites (tertiary alicyclic amines) is 2. The highest BCUT2D eigenvalue weighted by Crippen LogP contribution is 2.31. The number of carbonyl (C=O) groups excluding carboxylic acids is 1. The number of amides is 1. The second kappa shape index (κ2) is 5.56. The standard InChI is InChI=1S/C15H23N3O2/c1-11-9-13(20-16-11)10-17-7-3-5-14(17)15-6-4-8-18(15)12(2)19/h9,14-15H,3-8,10H2,1-2H3/t14-,15-/m1/s1. The minimum absolute atomic E-state index is 0.217. The summed E-state index contributed by atoms with van der Waals surface area (Å²) in [7, 11) is 0. The molecule has 2 saturated heterocycles. The van der Waals surface area contributed by atoms with Crippen LogP contribution < -0.4 is 0 Å². The Morgan fingerprint density at radius 3 is 2.80 bits per heavy atom. The van der Waals surface area contributed by atoms with E-state index < -0.39 is 0 Å². The third-order valence-electron chi connectivity index (χ3n) is 4.60. The van der Waals surface area contributed by atoms with Crippen LogP contribution in [-0.4, -0.2) is 46.0 Å². The Bertz CT molecular complexity index is 485. The fraction of sp³-hybridized carbons (Fsp3) is 0.733. The van der Waals surface area contributed by atoms with Gasteiger partial charge < -0.3 is 9.42 Å². The van der Waals surface area contributed by atoms with Crippen molar-refractivity contribution < 1.29 is 9.32 Å². The summed E-state index contributed by atoms with van der Waals surface area (Å²) < 4.78 is 5.34. The van der Waals surface area contributed by atoms with E-state index in [0.29, 0.717) is 12.1 Å². The molecule has 0 aliphatic carbocycles. The predicted octanol–water partition coefficient (Wildman–Crippen LogP) is 1.96. The highest BCUT2D eigenvalue weighted by atomic mass is 16.5. The molecule has 0 N–H and O–H groups in total. The smallest absolute Gasteiger partial charge is 0.219 e. The molecule has 5 heteroatoms. The predicted molar refractivity (Wildman–Crippen MR) is 75.1 cm³/mol. The van der Waals surface area contributed by atoms with Crippen LogP contribution in [0.2, 0.25) is 0 Å². The summed E-state index contributed by atoms with van der Waals surface area (Å²) in [5, 5.41) is 3.96. The first-order valence-electron chi connectivity index (χ1n) is 7.58. The zero-order valence-electron chi connectivity index (χ0n) is 12.3. The summed E-state index contributed by atoms with van der Waals surface area (Å²) in [5.41, 5.74) is 0.932. The van der Waals surface area contributed by atoms with Crippen LogP contribution in [0.4, 0.5) is 0 Å². The summed E-state index contributed by atoms with van der Waals surface area (Å²) in [6.07, 6.45) is 4.66. The highest BCUT2D eigenvalue weighted by molar-refractivity contribution is 5.74. The van der Waals surface area contributed by atoms with Gasteiger partial charge in [0.15, 0.2) is 5.76 Å². The molecular formula is C15H23N3O2. The maximum Gasteiger partial charge on any atom is 0.219 e. The van der Waals surface area contributed by atoms with E-state index in [4.69, 9.17) is 4.52 Å². The van der Waals surface area contributed by atoms with E-state index >= 15 is 0 Å². The molecular weight excluding hydrogens is 254 g/mol. The third-order valence-corrected chi connectivity index (χ3v) is 4.60. The van der Waals surface area contributed by atoms with Crippen molar-refractivity contribution in [2.45, 2.75) is 58.2 Å². The molecule has 5 nitrogen and oxygen atoms in total. The molecule has 0 bridgehead atoms. The average Bonchev–Trinajstić information content (AvgIpc) is 3.09. The molecule has 110 valence electrons. The largest absolute Gasteiger partial charge is 0.360 e. The molecule has 0 spiro atoms. The molecule has 1 aromatic rings. The zero-order valence-corrected chi connectivity index (χ0v) is 12.3. The van der Waals surface area contributed by atoms with Gasteiger partial charge in [0.2, 0.25) is 5.91 Å². The molecule has 0 radical (unpaired) electrons. The number of aromatic nitrogens is 1. The Morgan fingerprint density at radius 1 is 1.35 bits per heavy atom. The molecule has 3 rings (SSSR count). The Kier molecular flexibility index (Phi) is 3.78. The van der Waals surface area contributed by atoms with Gasteiger partial charge in [-0.3, -0.25) is 9.69 Å². The third kappa shape index (κ3) is 2.59. The quantitative estimate of drug-likeness (QED) is 0.847. The maximum atomic E-state index is 11.8. The lowest BCUT2D eigenvalue weighted by Crippen LogP contribution is -2.47. The van der Waals surface area contributed by atoms with Gasteiger partial charge in [-0.1, -0.05) is 5.16 Å². The summed E-state index contributed by atoms with van der Waals surface area (Å²) in [6.45, 7) is 6.46. The van der Waals surface area contributed by atoms with Crippen molar-refractivity contribution in [3.63, 3.8) is 0 Å². The number of hydrogen-bond donors (Lipinski definition) is 0. The SMILES string of the molecule is CC(=O)N1CCC[C@@H]1[C@H]1CCCN1Cc1cc(C)no1. The minimum Gasteiger partial charge on any atom is -0.360 e. The van der Waals surface area contributed by atoms with Crippen LogP contribution in [0.5, 0.6) is 0 Å². The lowest BCUT2D eigenvalue weighted by Gasteiger charge is -2.34. The first-order valence-corrected chi connectivity index (χ1v) is 7.58. The lowest BCUT2D eigenvalue weighted by molar-refractivity contribution is -0.130. The molecule has 20 heavy (non-hydrogen) atoms. The van der Waals surface area contributed by atoms with Gasteiger partial charge in [0.1, 0.15) is 0 Å². The van der Waals surface area contributed by atoms with Gasteiger partial charge in [-0.15, -0.1) is 0 Å². The molecule has 2 aliphatic rings. The van der Waals surface area contributed by atoms with Crippen LogP contribution in [0.15, 0.2) is 10.6 Å². The molecule has 2 atom stereocenters. The van der Waals surface area contributed by atoms with Gasteiger partial charge in [-0.25, -0.2) is 0 Å². The molecule has 0 saturated carbocycles. The van der Waals surface area contributed by atoms with Gasteiger partial charge in [-0.05, 0) is 39.2 Å². The van der Waals surface area contributed by atoms with Crippen molar-refractivity contribution in [1.82, 2.24) is 15.0 Å². The van der Waals surface area contributed by atoms with Crippen molar-refractivity contribution in [3.05, 3.63) is 17.5 Å². The zero-order chi connectivity index (χ0) is 14.1. The molecule has 0 unspecified atom stereocenters. The summed E-state index contributed by atoms with van der Waals surface area (Å²) in [4.78, 5) is 16.3. The van der Waals surface area contributed by atoms with Crippen molar-refractivity contribution in [3.8, 4) is 0 Å². The van der Waals surface area contributed by atoms with E-state index in [9.17, 15) is 4.79 Å². The molecule has 0 aromatic carbocycles. The number of hydrogen-bond acceptors (Lipinski definition) is 4. The number of rotatable bonds is 3. The van der Waals surface area contributed by atoms with Crippen LogP contribution in [0.25, 0.3) is 0 Å². The second-order valence-corrected chi connectivity index (χ2v) is 6.04. The Morgan fingerprint density at radius 2 is 2.10 bits per heavy atom. The molecule has 2 aliphatic heterocycles. The Labute approximate surface area is 119 Å². The van der Waals surface area contributed by atoms with Gasteiger partial charge in [0.05, 0.1) is 12.2 Å². The molecule has 2 fully saturated rings. The fourth-order valence-electron chi connectivity index (χ4n) is 3.76. The second-order valence-electron chi connectivity index (χ2n) is 6.04. The van der Waals surface area contributed by atoms with Crippen LogP contribution in [0.3, 0.4) is 0 Å². The van der Waals surface area contributed by atoms with Crippen LogP contribution in [0.1, 0.15) is 44.1 Å². The van der Waals surface area contributed by atoms with E-state index in [1.807, 2.05) is 13.0 Å². The number of nitrogens with zero attached hydrogens (tertiary/aromatic N) is 3. The van der Waals surface area contributed by atoms with Crippen molar-refractivity contribution in [2.75, 3.05) is 13.1 Å². The van der Waals surface area contributed by atoms with Crippen molar-refractivity contribution in [1.29, 1.82) is 0 Å². The van der Waals surface area contributed by atoms with E-state index in [2.05, 4.69) is 15.0 Å². The van der Waals surface area contributed by atoms with Crippen LogP contribution in [-0.2, 0) is 11.3 Å². The van der Waals surface area contributed by atoms with Gasteiger partial charge in [-0.2, -0.15) is 0 Å². The molecule has 1 aromatic heterocycles. The fourth-order valence-corrected chi connectivity index (χ4v) is 3.76. The lowest BCUT2D eigenvalue weighted by atomic mass is 10.0. The molecule has 1 amide bonds. The Balaban J connectivity index is 1.70. The van der Waals surface area contributed by atoms with Crippen LogP contribution >= 0.6 is 0 Å². The molecule has 3 heterocycles. The van der Waals surface area contributed by atoms with Gasteiger partial charge >= 0.3 is 0 Å².